The Morgan fingerprint density at radius 2 is 1.93 bits per heavy atom. The van der Waals surface area contributed by atoms with Crippen molar-refractivity contribution in [3.8, 4) is 17.1 Å². The van der Waals surface area contributed by atoms with Gasteiger partial charge in [0.05, 0.1) is 7.11 Å². The molecule has 15 heavy (non-hydrogen) atoms. The summed E-state index contributed by atoms with van der Waals surface area (Å²) in [7, 11) is 1.42. The van der Waals surface area contributed by atoms with Crippen LogP contribution in [0.25, 0.3) is 11.4 Å². The van der Waals surface area contributed by atoms with Crippen LogP contribution in [-0.4, -0.2) is 17.1 Å². The fourth-order valence-electron chi connectivity index (χ4n) is 1.25. The lowest BCUT2D eigenvalue weighted by Crippen LogP contribution is -1.91. The van der Waals surface area contributed by atoms with E-state index in [1.807, 2.05) is 0 Å². The van der Waals surface area contributed by atoms with Gasteiger partial charge in [-0.1, -0.05) is 0 Å². The summed E-state index contributed by atoms with van der Waals surface area (Å²) in [4.78, 5) is 8.13. The van der Waals surface area contributed by atoms with Crippen LogP contribution >= 0.6 is 0 Å². The molecule has 0 saturated heterocycles. The number of rotatable bonds is 2. The van der Waals surface area contributed by atoms with Crippen molar-refractivity contribution in [3.05, 3.63) is 42.5 Å². The summed E-state index contributed by atoms with van der Waals surface area (Å²) in [5, 5.41) is 0. The minimum atomic E-state index is -0.391. The first-order valence-electron chi connectivity index (χ1n) is 4.42. The molecule has 0 fully saturated rings. The Hall–Kier alpha value is -1.97. The van der Waals surface area contributed by atoms with Crippen LogP contribution in [0.4, 0.5) is 4.39 Å². The van der Waals surface area contributed by atoms with E-state index in [1.54, 1.807) is 30.6 Å². The molecule has 0 aliphatic heterocycles. The molecule has 0 amide bonds. The topological polar surface area (TPSA) is 35.0 Å². The maximum Gasteiger partial charge on any atom is 0.165 e. The van der Waals surface area contributed by atoms with Gasteiger partial charge >= 0.3 is 0 Å². The highest BCUT2D eigenvalue weighted by Gasteiger charge is 2.06. The molecule has 76 valence electrons. The molecule has 0 radical (unpaired) electrons. The van der Waals surface area contributed by atoms with E-state index in [2.05, 4.69) is 9.97 Å². The summed E-state index contributed by atoms with van der Waals surface area (Å²) < 4.78 is 18.0. The number of halogens is 1. The first-order valence-corrected chi connectivity index (χ1v) is 4.42. The van der Waals surface area contributed by atoms with Crippen molar-refractivity contribution >= 4 is 0 Å². The van der Waals surface area contributed by atoms with E-state index in [0.29, 0.717) is 5.82 Å². The average molecular weight is 204 g/mol. The summed E-state index contributed by atoms with van der Waals surface area (Å²) in [6.45, 7) is 0. The van der Waals surface area contributed by atoms with Gasteiger partial charge in [-0.2, -0.15) is 0 Å². The molecule has 0 unspecified atom stereocenters. The number of hydrogen-bond donors (Lipinski definition) is 0. The van der Waals surface area contributed by atoms with Crippen molar-refractivity contribution in [2.75, 3.05) is 7.11 Å². The van der Waals surface area contributed by atoms with E-state index in [0.717, 1.165) is 5.56 Å². The molecule has 0 atom stereocenters. The minimum absolute atomic E-state index is 0.194. The Morgan fingerprint density at radius 3 is 2.60 bits per heavy atom. The predicted octanol–water partition coefficient (Wildman–Crippen LogP) is 2.29. The third-order valence-electron chi connectivity index (χ3n) is 1.98. The second-order valence-corrected chi connectivity index (χ2v) is 2.92. The molecule has 0 N–H and O–H groups in total. The first kappa shape index (κ1) is 9.58. The quantitative estimate of drug-likeness (QED) is 0.752. The number of aromatic nitrogens is 2. The zero-order chi connectivity index (χ0) is 10.7. The number of nitrogens with zero attached hydrogens (tertiary/aromatic N) is 2. The van der Waals surface area contributed by atoms with E-state index in [-0.39, 0.29) is 5.75 Å². The third-order valence-corrected chi connectivity index (χ3v) is 1.98. The summed E-state index contributed by atoms with van der Waals surface area (Å²) in [5.74, 6) is 0.355. The molecule has 1 aromatic heterocycles. The minimum Gasteiger partial charge on any atom is -0.494 e. The molecule has 0 spiro atoms. The van der Waals surface area contributed by atoms with Crippen LogP contribution in [0.3, 0.4) is 0 Å². The van der Waals surface area contributed by atoms with Gasteiger partial charge in [-0.15, -0.1) is 0 Å². The highest BCUT2D eigenvalue weighted by Crippen LogP contribution is 2.23. The van der Waals surface area contributed by atoms with Crippen molar-refractivity contribution in [2.24, 2.45) is 0 Å². The van der Waals surface area contributed by atoms with Gasteiger partial charge < -0.3 is 4.74 Å². The number of ether oxygens (including phenoxy) is 1. The van der Waals surface area contributed by atoms with Crippen LogP contribution in [-0.2, 0) is 0 Å². The largest absolute Gasteiger partial charge is 0.494 e. The van der Waals surface area contributed by atoms with Crippen LogP contribution in [0.5, 0.6) is 5.75 Å². The molecule has 0 aliphatic carbocycles. The van der Waals surface area contributed by atoms with Crippen LogP contribution < -0.4 is 4.74 Å². The van der Waals surface area contributed by atoms with Crippen LogP contribution in [0.1, 0.15) is 0 Å². The molecule has 0 aliphatic rings. The Balaban J connectivity index is 2.46. The van der Waals surface area contributed by atoms with Gasteiger partial charge in [-0.25, -0.2) is 14.4 Å². The van der Waals surface area contributed by atoms with E-state index < -0.39 is 5.82 Å². The maximum absolute atomic E-state index is 13.1. The maximum atomic E-state index is 13.1. The highest BCUT2D eigenvalue weighted by molar-refractivity contribution is 5.57. The van der Waals surface area contributed by atoms with Crippen molar-refractivity contribution in [2.45, 2.75) is 0 Å². The van der Waals surface area contributed by atoms with Gasteiger partial charge in [0.1, 0.15) is 0 Å². The number of methoxy groups -OCH3 is 1. The molecule has 1 heterocycles. The number of hydrogen-bond acceptors (Lipinski definition) is 3. The molecule has 2 rings (SSSR count). The van der Waals surface area contributed by atoms with Crippen LogP contribution in [0.2, 0.25) is 0 Å². The molecule has 3 nitrogen and oxygen atoms in total. The summed E-state index contributed by atoms with van der Waals surface area (Å²) >= 11 is 0. The summed E-state index contributed by atoms with van der Waals surface area (Å²) in [6.07, 6.45) is 3.27. The molecule has 4 heteroatoms. The van der Waals surface area contributed by atoms with Gasteiger partial charge in [0.2, 0.25) is 0 Å². The van der Waals surface area contributed by atoms with Crippen molar-refractivity contribution in [1.29, 1.82) is 0 Å². The average Bonchev–Trinajstić information content (AvgIpc) is 2.31. The lowest BCUT2D eigenvalue weighted by Gasteiger charge is -2.04. The van der Waals surface area contributed by atoms with Gasteiger partial charge in [0, 0.05) is 18.0 Å². The van der Waals surface area contributed by atoms with Gasteiger partial charge in [0.25, 0.3) is 0 Å². The third kappa shape index (κ3) is 1.93. The molecular weight excluding hydrogens is 195 g/mol. The van der Waals surface area contributed by atoms with E-state index in [1.165, 1.54) is 13.2 Å². The van der Waals surface area contributed by atoms with Gasteiger partial charge in [-0.3, -0.25) is 0 Å². The SMILES string of the molecule is COc1cc(-c2ncccn2)ccc1F. The van der Waals surface area contributed by atoms with Crippen molar-refractivity contribution in [1.82, 2.24) is 9.97 Å². The molecular formula is C11H9FN2O. The zero-order valence-electron chi connectivity index (χ0n) is 8.14. The molecule has 0 saturated carbocycles. The Bertz CT molecular complexity index is 459. The highest BCUT2D eigenvalue weighted by atomic mass is 19.1. The smallest absolute Gasteiger partial charge is 0.165 e. The van der Waals surface area contributed by atoms with Crippen molar-refractivity contribution < 1.29 is 9.13 Å². The normalized spacial score (nSPS) is 10.0. The van der Waals surface area contributed by atoms with Crippen LogP contribution in [0.15, 0.2) is 36.7 Å². The van der Waals surface area contributed by atoms with E-state index in [9.17, 15) is 4.39 Å². The first-order chi connectivity index (χ1) is 7.31. The predicted molar refractivity (Wildman–Crippen MR) is 54.0 cm³/mol. The Kier molecular flexibility index (Phi) is 2.58. The Labute approximate surface area is 86.6 Å². The van der Waals surface area contributed by atoms with Crippen molar-refractivity contribution in [3.63, 3.8) is 0 Å². The lowest BCUT2D eigenvalue weighted by atomic mass is 10.2. The lowest BCUT2D eigenvalue weighted by molar-refractivity contribution is 0.387. The standard InChI is InChI=1S/C11H9FN2O/c1-15-10-7-8(3-4-9(10)12)11-13-5-2-6-14-11/h2-7H,1H3. The molecule has 2 aromatic rings. The Morgan fingerprint density at radius 1 is 1.20 bits per heavy atom. The van der Waals surface area contributed by atoms with Gasteiger partial charge in [-0.05, 0) is 24.3 Å². The zero-order valence-corrected chi connectivity index (χ0v) is 8.14. The number of benzene rings is 1. The van der Waals surface area contributed by atoms with Gasteiger partial charge in [0.15, 0.2) is 17.4 Å². The second kappa shape index (κ2) is 4.04. The molecule has 1 aromatic carbocycles. The summed E-state index contributed by atoms with van der Waals surface area (Å²) in [6, 6.07) is 6.26. The monoisotopic (exact) mass is 204 g/mol. The second-order valence-electron chi connectivity index (χ2n) is 2.92. The van der Waals surface area contributed by atoms with E-state index in [4.69, 9.17) is 4.74 Å². The van der Waals surface area contributed by atoms with Crippen LogP contribution in [0, 0.1) is 5.82 Å². The van der Waals surface area contributed by atoms with E-state index >= 15 is 0 Å². The fourth-order valence-corrected chi connectivity index (χ4v) is 1.25. The fraction of sp³-hybridized carbons (Fsp3) is 0.0909. The molecule has 0 bridgehead atoms. The summed E-state index contributed by atoms with van der Waals surface area (Å²) in [5.41, 5.74) is 0.730.